The topological polar surface area (TPSA) is 6.48 Å². The number of aryl methyl sites for hydroxylation is 4. The Labute approximate surface area is 504 Å². The van der Waals surface area contributed by atoms with Gasteiger partial charge in [-0.15, -0.1) is 0 Å². The molecule has 0 bridgehead atoms. The number of benzene rings is 10. The number of anilines is 6. The van der Waals surface area contributed by atoms with Crippen LogP contribution in [0.15, 0.2) is 206 Å². The van der Waals surface area contributed by atoms with E-state index in [2.05, 4.69) is 282 Å². The standard InChI is InChI=1S/C83H76N2/c1-55-17-13-21-63(45-55)84(64-22-14-18-56(2)46-64)67-33-39-73-71-37-31-61(51-77(71)82(79(73)53-67)41-9-7-10-42-82)27-25-59-29-35-69-70-36-30-60(50-76(70)81(5,6)75(69)49-59)26-28-62-32-38-72-74-40-34-68(54-80(74)83(78(72)52-62)43-11-8-12-44-83)85(65-23-15-19-57(3)47-65)66-24-16-20-58(4)48-66/h13-40,45-54H,7-12,41-44H2,1-6H3. The minimum Gasteiger partial charge on any atom is -0.310 e. The lowest BCUT2D eigenvalue weighted by Gasteiger charge is -2.37. The molecular formula is C83H76N2. The van der Waals surface area contributed by atoms with Gasteiger partial charge in [0.1, 0.15) is 0 Å². The van der Waals surface area contributed by atoms with E-state index in [1.54, 1.807) is 0 Å². The van der Waals surface area contributed by atoms with Crippen LogP contribution in [0.5, 0.6) is 0 Å². The lowest BCUT2D eigenvalue weighted by Crippen LogP contribution is -2.28. The van der Waals surface area contributed by atoms with Gasteiger partial charge in [0.2, 0.25) is 0 Å². The number of fused-ring (bicyclic) bond motifs is 13. The summed E-state index contributed by atoms with van der Waals surface area (Å²) in [6.45, 7) is 13.6. The Morgan fingerprint density at radius 1 is 0.271 bits per heavy atom. The molecule has 85 heavy (non-hydrogen) atoms. The van der Waals surface area contributed by atoms with E-state index >= 15 is 0 Å². The third kappa shape index (κ3) is 9.06. The van der Waals surface area contributed by atoms with Crippen molar-refractivity contribution in [1.29, 1.82) is 0 Å². The van der Waals surface area contributed by atoms with Gasteiger partial charge >= 0.3 is 0 Å². The molecule has 0 amide bonds. The lowest BCUT2D eigenvalue weighted by atomic mass is 9.67. The molecule has 10 aromatic rings. The summed E-state index contributed by atoms with van der Waals surface area (Å²) in [6.07, 6.45) is 21.8. The predicted octanol–water partition coefficient (Wildman–Crippen LogP) is 23.0. The van der Waals surface area contributed by atoms with E-state index in [4.69, 9.17) is 0 Å². The SMILES string of the molecule is Cc1cccc(N(c2cccc(C)c2)c2ccc3c(c2)C2(CCCCC2)c2cc(C=Cc4ccc5c(c4)C(C)(C)c4cc(C=Cc6ccc7c(c6)C6(CCCCC6)c6cc(N(c8cccc(C)c8)c8cccc(C)c8)ccc6-7)ccc4-5)ccc2-3)c1. The molecule has 2 saturated carbocycles. The van der Waals surface area contributed by atoms with Gasteiger partial charge in [0.25, 0.3) is 0 Å². The number of nitrogens with zero attached hydrogens (tertiary/aromatic N) is 2. The average molecular weight is 1100 g/mol. The van der Waals surface area contributed by atoms with Crippen LogP contribution in [0.3, 0.4) is 0 Å². The first-order chi connectivity index (χ1) is 41.4. The van der Waals surface area contributed by atoms with E-state index < -0.39 is 0 Å². The molecule has 0 aliphatic heterocycles. The maximum Gasteiger partial charge on any atom is 0.0465 e. The molecule has 0 unspecified atom stereocenters. The second kappa shape index (κ2) is 20.8. The van der Waals surface area contributed by atoms with Crippen molar-refractivity contribution >= 4 is 58.4 Å². The van der Waals surface area contributed by atoms with Gasteiger partial charge in [0.05, 0.1) is 0 Å². The summed E-state index contributed by atoms with van der Waals surface area (Å²) in [4.78, 5) is 4.92. The van der Waals surface area contributed by atoms with Gasteiger partial charge < -0.3 is 9.80 Å². The molecule has 0 atom stereocenters. The molecule has 0 N–H and O–H groups in total. The maximum atomic E-state index is 2.55. The van der Waals surface area contributed by atoms with Crippen LogP contribution >= 0.6 is 0 Å². The van der Waals surface area contributed by atoms with Crippen LogP contribution in [0, 0.1) is 27.7 Å². The van der Waals surface area contributed by atoms with E-state index in [1.807, 2.05) is 0 Å². The van der Waals surface area contributed by atoms with Crippen molar-refractivity contribution in [2.75, 3.05) is 9.80 Å². The zero-order chi connectivity index (χ0) is 57.6. The van der Waals surface area contributed by atoms with Crippen LogP contribution in [0.1, 0.15) is 156 Å². The number of hydrogen-bond donors (Lipinski definition) is 0. The third-order valence-electron chi connectivity index (χ3n) is 20.4. The Balaban J connectivity index is 0.694. The Bertz CT molecular complexity index is 3990. The maximum absolute atomic E-state index is 2.55. The zero-order valence-corrected chi connectivity index (χ0v) is 50.4. The Morgan fingerprint density at radius 3 is 0.835 bits per heavy atom. The second-order valence-corrected chi connectivity index (χ2v) is 26.3. The Hall–Kier alpha value is -8.72. The molecule has 0 radical (unpaired) electrons. The smallest absolute Gasteiger partial charge is 0.0465 e. The number of hydrogen-bond acceptors (Lipinski definition) is 2. The minimum absolute atomic E-state index is 0.00982. The highest BCUT2D eigenvalue weighted by atomic mass is 15.1. The zero-order valence-electron chi connectivity index (χ0n) is 50.4. The highest BCUT2D eigenvalue weighted by Crippen LogP contribution is 2.59. The summed E-state index contributed by atoms with van der Waals surface area (Å²) in [5.41, 5.74) is 34.4. The second-order valence-electron chi connectivity index (χ2n) is 26.3. The summed E-state index contributed by atoms with van der Waals surface area (Å²) < 4.78 is 0. The summed E-state index contributed by atoms with van der Waals surface area (Å²) in [6, 6.07) is 79.4. The molecule has 0 heterocycles. The van der Waals surface area contributed by atoms with Crippen LogP contribution in [0.2, 0.25) is 0 Å². The molecule has 5 aliphatic carbocycles. The summed E-state index contributed by atoms with van der Waals surface area (Å²) in [5, 5.41) is 0. The van der Waals surface area contributed by atoms with E-state index in [9.17, 15) is 0 Å². The monoisotopic (exact) mass is 1100 g/mol. The average Bonchev–Trinajstić information content (AvgIpc) is 1.63. The molecule has 2 spiro atoms. The van der Waals surface area contributed by atoms with Crippen LogP contribution in [-0.4, -0.2) is 0 Å². The summed E-state index contributed by atoms with van der Waals surface area (Å²) in [5.74, 6) is 0. The van der Waals surface area contributed by atoms with Crippen molar-refractivity contribution in [2.24, 2.45) is 0 Å². The highest BCUT2D eigenvalue weighted by Gasteiger charge is 2.46. The van der Waals surface area contributed by atoms with Crippen LogP contribution in [0.4, 0.5) is 34.1 Å². The number of rotatable bonds is 10. The van der Waals surface area contributed by atoms with Crippen molar-refractivity contribution < 1.29 is 0 Å². The van der Waals surface area contributed by atoms with Gasteiger partial charge in [-0.05, 0) is 237 Å². The summed E-state index contributed by atoms with van der Waals surface area (Å²) in [7, 11) is 0. The van der Waals surface area contributed by atoms with Crippen molar-refractivity contribution in [3.05, 3.63) is 284 Å². The largest absolute Gasteiger partial charge is 0.310 e. The molecule has 418 valence electrons. The molecule has 2 heteroatoms. The van der Waals surface area contributed by atoms with E-state index in [0.717, 1.165) is 0 Å². The molecule has 10 aromatic carbocycles. The minimum atomic E-state index is -0.141. The molecule has 5 aliphatic rings. The lowest BCUT2D eigenvalue weighted by molar-refractivity contribution is 0.353. The van der Waals surface area contributed by atoms with Crippen molar-refractivity contribution in [2.45, 2.75) is 122 Å². The van der Waals surface area contributed by atoms with E-state index in [-0.39, 0.29) is 16.2 Å². The first kappa shape index (κ1) is 53.0. The van der Waals surface area contributed by atoms with Gasteiger partial charge in [0.15, 0.2) is 0 Å². The van der Waals surface area contributed by atoms with Gasteiger partial charge in [-0.25, -0.2) is 0 Å². The Morgan fingerprint density at radius 2 is 0.529 bits per heavy atom. The first-order valence-corrected chi connectivity index (χ1v) is 31.5. The first-order valence-electron chi connectivity index (χ1n) is 31.5. The van der Waals surface area contributed by atoms with Gasteiger partial charge in [-0.1, -0.05) is 210 Å². The highest BCUT2D eigenvalue weighted by molar-refractivity contribution is 5.91. The van der Waals surface area contributed by atoms with E-state index in [1.165, 1.54) is 210 Å². The molecular weight excluding hydrogens is 1020 g/mol. The van der Waals surface area contributed by atoms with Crippen molar-refractivity contribution in [3.63, 3.8) is 0 Å². The molecule has 2 fully saturated rings. The molecule has 0 aromatic heterocycles. The molecule has 2 nitrogen and oxygen atoms in total. The fourth-order valence-corrected chi connectivity index (χ4v) is 16.2. The third-order valence-corrected chi connectivity index (χ3v) is 20.4. The summed E-state index contributed by atoms with van der Waals surface area (Å²) >= 11 is 0. The van der Waals surface area contributed by atoms with Crippen molar-refractivity contribution in [3.8, 4) is 33.4 Å². The Kier molecular flexibility index (Phi) is 13.0. The predicted molar refractivity (Wildman–Crippen MR) is 362 cm³/mol. The fraction of sp³-hybridized carbons (Fsp3) is 0.229. The quantitative estimate of drug-likeness (QED) is 0.126. The molecule has 15 rings (SSSR count). The molecule has 0 saturated heterocycles. The normalized spacial score (nSPS) is 16.3. The van der Waals surface area contributed by atoms with Crippen LogP contribution in [0.25, 0.3) is 57.7 Å². The fourth-order valence-electron chi connectivity index (χ4n) is 16.2. The van der Waals surface area contributed by atoms with Gasteiger partial charge in [-0.2, -0.15) is 0 Å². The van der Waals surface area contributed by atoms with Gasteiger partial charge in [0, 0.05) is 50.4 Å². The van der Waals surface area contributed by atoms with Crippen molar-refractivity contribution in [1.82, 2.24) is 0 Å². The van der Waals surface area contributed by atoms with Crippen LogP contribution in [-0.2, 0) is 16.2 Å². The van der Waals surface area contributed by atoms with Gasteiger partial charge in [-0.3, -0.25) is 0 Å². The van der Waals surface area contributed by atoms with E-state index in [0.29, 0.717) is 0 Å². The van der Waals surface area contributed by atoms with Crippen LogP contribution < -0.4 is 9.80 Å².